The first kappa shape index (κ1) is 15.8. The van der Waals surface area contributed by atoms with Crippen molar-refractivity contribution in [2.24, 2.45) is 0 Å². The van der Waals surface area contributed by atoms with Crippen LogP contribution in [0.25, 0.3) is 0 Å². The number of hydrogen-bond donors (Lipinski definition) is 1. The molecule has 0 bridgehead atoms. The zero-order valence-corrected chi connectivity index (χ0v) is 13.3. The topological polar surface area (TPSA) is 15.3 Å². The highest BCUT2D eigenvalue weighted by atomic mass is 35.5. The van der Waals surface area contributed by atoms with Gasteiger partial charge in [-0.2, -0.15) is 0 Å². The smallest absolute Gasteiger partial charge is 0.142 e. The number of hydrogen-bond acceptors (Lipinski definition) is 2. The van der Waals surface area contributed by atoms with Crippen molar-refractivity contribution in [2.75, 3.05) is 19.0 Å². The Labute approximate surface area is 130 Å². The number of benzene rings is 2. The van der Waals surface area contributed by atoms with Crippen molar-refractivity contribution in [3.63, 3.8) is 0 Å². The van der Waals surface area contributed by atoms with Crippen LogP contribution in [0.2, 0.25) is 5.02 Å². The minimum Gasteiger partial charge on any atom is -0.378 e. The molecule has 2 aromatic rings. The molecule has 2 nitrogen and oxygen atoms in total. The van der Waals surface area contributed by atoms with Gasteiger partial charge in [-0.3, -0.25) is 0 Å². The molecule has 4 heteroatoms. The van der Waals surface area contributed by atoms with E-state index in [0.717, 1.165) is 12.1 Å². The first-order valence-corrected chi connectivity index (χ1v) is 7.30. The predicted octanol–water partition coefficient (Wildman–Crippen LogP) is 4.40. The van der Waals surface area contributed by atoms with Crippen molar-refractivity contribution in [3.8, 4) is 0 Å². The lowest BCUT2D eigenvalue weighted by atomic mass is 10.1. The minimum atomic E-state index is -0.377. The van der Waals surface area contributed by atoms with E-state index in [-0.39, 0.29) is 16.9 Å². The third-order valence-corrected chi connectivity index (χ3v) is 3.82. The maximum Gasteiger partial charge on any atom is 0.142 e. The Bertz CT molecular complexity index is 596. The van der Waals surface area contributed by atoms with Gasteiger partial charge in [-0.1, -0.05) is 29.8 Å². The SMILES string of the molecule is CC(NCc1ccc(N(C)C)cc1)c1ccc(Cl)c(F)c1. The molecule has 0 heterocycles. The van der Waals surface area contributed by atoms with Crippen LogP contribution in [0.4, 0.5) is 10.1 Å². The first-order valence-electron chi connectivity index (χ1n) is 6.92. The molecule has 0 amide bonds. The number of halogens is 2. The van der Waals surface area contributed by atoms with E-state index < -0.39 is 0 Å². The van der Waals surface area contributed by atoms with E-state index in [1.54, 1.807) is 6.07 Å². The maximum atomic E-state index is 13.5. The summed E-state index contributed by atoms with van der Waals surface area (Å²) in [5.74, 6) is -0.377. The van der Waals surface area contributed by atoms with Gasteiger partial charge < -0.3 is 10.2 Å². The third kappa shape index (κ3) is 4.19. The Kier molecular flexibility index (Phi) is 5.21. The number of nitrogens with one attached hydrogen (secondary N) is 1. The van der Waals surface area contributed by atoms with E-state index in [4.69, 9.17) is 11.6 Å². The van der Waals surface area contributed by atoms with E-state index >= 15 is 0 Å². The Morgan fingerprint density at radius 1 is 1.14 bits per heavy atom. The lowest BCUT2D eigenvalue weighted by molar-refractivity contribution is 0.565. The monoisotopic (exact) mass is 306 g/mol. The average molecular weight is 307 g/mol. The molecule has 2 rings (SSSR count). The van der Waals surface area contributed by atoms with Crippen LogP contribution < -0.4 is 10.2 Å². The fraction of sp³-hybridized carbons (Fsp3) is 0.294. The van der Waals surface area contributed by atoms with Gasteiger partial charge in [0, 0.05) is 32.4 Å². The molecular formula is C17H20ClFN2. The Morgan fingerprint density at radius 3 is 2.38 bits per heavy atom. The Morgan fingerprint density at radius 2 is 1.81 bits per heavy atom. The summed E-state index contributed by atoms with van der Waals surface area (Å²) in [6.45, 7) is 2.75. The molecule has 0 saturated heterocycles. The normalized spacial score (nSPS) is 12.2. The Balaban J connectivity index is 1.97. The lowest BCUT2D eigenvalue weighted by Gasteiger charge is -2.16. The van der Waals surface area contributed by atoms with Crippen molar-refractivity contribution >= 4 is 17.3 Å². The van der Waals surface area contributed by atoms with Crippen molar-refractivity contribution < 1.29 is 4.39 Å². The summed E-state index contributed by atoms with van der Waals surface area (Å²) in [6.07, 6.45) is 0. The van der Waals surface area contributed by atoms with Crippen LogP contribution in [-0.4, -0.2) is 14.1 Å². The summed E-state index contributed by atoms with van der Waals surface area (Å²) in [5.41, 5.74) is 3.26. The van der Waals surface area contributed by atoms with Gasteiger partial charge in [0.25, 0.3) is 0 Å². The molecule has 0 radical (unpaired) electrons. The molecule has 2 aromatic carbocycles. The van der Waals surface area contributed by atoms with E-state index in [1.807, 2.05) is 27.1 Å². The fourth-order valence-corrected chi connectivity index (χ4v) is 2.20. The molecule has 112 valence electrons. The second-order valence-electron chi connectivity index (χ2n) is 5.34. The van der Waals surface area contributed by atoms with Crippen LogP contribution in [0.15, 0.2) is 42.5 Å². The fourth-order valence-electron chi connectivity index (χ4n) is 2.08. The molecule has 0 aromatic heterocycles. The van der Waals surface area contributed by atoms with Gasteiger partial charge in [0.15, 0.2) is 0 Å². The van der Waals surface area contributed by atoms with E-state index in [2.05, 4.69) is 34.5 Å². The van der Waals surface area contributed by atoms with Gasteiger partial charge in [-0.25, -0.2) is 4.39 Å². The van der Waals surface area contributed by atoms with Gasteiger partial charge in [-0.15, -0.1) is 0 Å². The molecule has 1 N–H and O–H groups in total. The van der Waals surface area contributed by atoms with E-state index in [0.29, 0.717) is 0 Å². The molecule has 0 fully saturated rings. The van der Waals surface area contributed by atoms with Gasteiger partial charge in [0.2, 0.25) is 0 Å². The van der Waals surface area contributed by atoms with Crippen LogP contribution >= 0.6 is 11.6 Å². The molecule has 0 saturated carbocycles. The maximum absolute atomic E-state index is 13.5. The van der Waals surface area contributed by atoms with Crippen LogP contribution in [0.5, 0.6) is 0 Å². The minimum absolute atomic E-state index is 0.0605. The zero-order valence-electron chi connectivity index (χ0n) is 12.5. The summed E-state index contributed by atoms with van der Waals surface area (Å²) in [4.78, 5) is 2.07. The Hall–Kier alpha value is -1.58. The van der Waals surface area contributed by atoms with Crippen molar-refractivity contribution in [1.29, 1.82) is 0 Å². The summed E-state index contributed by atoms with van der Waals surface area (Å²) in [6, 6.07) is 13.3. The molecule has 21 heavy (non-hydrogen) atoms. The standard InChI is InChI=1S/C17H20ClFN2/c1-12(14-6-9-16(18)17(19)10-14)20-11-13-4-7-15(8-5-13)21(2)3/h4-10,12,20H,11H2,1-3H3. The quantitative estimate of drug-likeness (QED) is 0.881. The van der Waals surface area contributed by atoms with Crippen molar-refractivity contribution in [1.82, 2.24) is 5.32 Å². The number of rotatable bonds is 5. The predicted molar refractivity (Wildman–Crippen MR) is 87.4 cm³/mol. The van der Waals surface area contributed by atoms with E-state index in [1.165, 1.54) is 17.3 Å². The van der Waals surface area contributed by atoms with Crippen LogP contribution in [0.3, 0.4) is 0 Å². The number of anilines is 1. The molecule has 0 aliphatic rings. The lowest BCUT2D eigenvalue weighted by Crippen LogP contribution is -2.18. The van der Waals surface area contributed by atoms with Crippen LogP contribution in [0.1, 0.15) is 24.1 Å². The third-order valence-electron chi connectivity index (χ3n) is 3.51. The second-order valence-corrected chi connectivity index (χ2v) is 5.74. The summed E-state index contributed by atoms with van der Waals surface area (Å²) in [5, 5.41) is 3.54. The average Bonchev–Trinajstić information content (AvgIpc) is 2.48. The first-order chi connectivity index (χ1) is 9.97. The largest absolute Gasteiger partial charge is 0.378 e. The molecule has 1 atom stereocenters. The summed E-state index contributed by atoms with van der Waals surface area (Å²) < 4.78 is 13.5. The van der Waals surface area contributed by atoms with Gasteiger partial charge in [0.1, 0.15) is 5.82 Å². The molecule has 0 aliphatic carbocycles. The van der Waals surface area contributed by atoms with Gasteiger partial charge in [-0.05, 0) is 42.3 Å². The van der Waals surface area contributed by atoms with Gasteiger partial charge in [0.05, 0.1) is 5.02 Å². The highest BCUT2D eigenvalue weighted by molar-refractivity contribution is 6.30. The summed E-state index contributed by atoms with van der Waals surface area (Å²) in [7, 11) is 4.04. The van der Waals surface area contributed by atoms with Crippen LogP contribution in [0, 0.1) is 5.82 Å². The van der Waals surface area contributed by atoms with Crippen molar-refractivity contribution in [3.05, 3.63) is 64.4 Å². The molecule has 1 unspecified atom stereocenters. The second kappa shape index (κ2) is 6.92. The molecule has 0 aliphatic heterocycles. The van der Waals surface area contributed by atoms with Crippen molar-refractivity contribution in [2.45, 2.75) is 19.5 Å². The molecular weight excluding hydrogens is 287 g/mol. The van der Waals surface area contributed by atoms with Gasteiger partial charge >= 0.3 is 0 Å². The molecule has 0 spiro atoms. The highest BCUT2D eigenvalue weighted by Crippen LogP contribution is 2.20. The number of nitrogens with zero attached hydrogens (tertiary/aromatic N) is 1. The van der Waals surface area contributed by atoms with E-state index in [9.17, 15) is 4.39 Å². The van der Waals surface area contributed by atoms with Crippen LogP contribution in [-0.2, 0) is 6.54 Å². The highest BCUT2D eigenvalue weighted by Gasteiger charge is 2.08. The summed E-state index contributed by atoms with van der Waals surface area (Å²) >= 11 is 5.70. The zero-order chi connectivity index (χ0) is 15.4.